The number of aromatic carboxylic acids is 1. The number of aliphatic hydroxyl groups is 1. The summed E-state index contributed by atoms with van der Waals surface area (Å²) < 4.78 is 0. The molecule has 0 aliphatic heterocycles. The second kappa shape index (κ2) is 6.07. The summed E-state index contributed by atoms with van der Waals surface area (Å²) in [5.41, 5.74) is 0.212. The summed E-state index contributed by atoms with van der Waals surface area (Å²) in [5, 5.41) is 17.8. The van der Waals surface area contributed by atoms with Crippen LogP contribution in [0, 0.1) is 0 Å². The molecule has 0 atom stereocenters. The van der Waals surface area contributed by atoms with Crippen molar-refractivity contribution in [3.05, 3.63) is 23.9 Å². The Hall–Kier alpha value is -1.62. The van der Waals surface area contributed by atoms with Crippen LogP contribution in [0.4, 0.5) is 5.82 Å². The molecule has 0 unspecified atom stereocenters. The molecule has 1 aromatic rings. The quantitative estimate of drug-likeness (QED) is 0.753. The third-order valence-corrected chi connectivity index (χ3v) is 2.18. The highest BCUT2D eigenvalue weighted by atomic mass is 16.4. The van der Waals surface area contributed by atoms with Crippen molar-refractivity contribution >= 4 is 11.8 Å². The number of carboxylic acids is 1. The van der Waals surface area contributed by atoms with Gasteiger partial charge in [-0.05, 0) is 18.6 Å². The molecule has 0 radical (unpaired) electrons. The molecule has 2 N–H and O–H groups in total. The van der Waals surface area contributed by atoms with Crippen LogP contribution < -0.4 is 4.90 Å². The third-order valence-electron chi connectivity index (χ3n) is 2.18. The van der Waals surface area contributed by atoms with Gasteiger partial charge in [0.2, 0.25) is 0 Å². The number of aromatic nitrogens is 1. The van der Waals surface area contributed by atoms with Crippen molar-refractivity contribution in [2.24, 2.45) is 0 Å². The first-order chi connectivity index (χ1) is 7.69. The van der Waals surface area contributed by atoms with E-state index in [2.05, 4.69) is 4.98 Å². The van der Waals surface area contributed by atoms with E-state index in [4.69, 9.17) is 10.2 Å². The minimum atomic E-state index is -0.968. The van der Waals surface area contributed by atoms with Crippen LogP contribution in [0.2, 0.25) is 0 Å². The van der Waals surface area contributed by atoms with E-state index in [1.165, 1.54) is 18.3 Å². The van der Waals surface area contributed by atoms with Gasteiger partial charge in [0.1, 0.15) is 5.82 Å². The lowest BCUT2D eigenvalue weighted by atomic mass is 10.2. The molecule has 0 saturated heterocycles. The van der Waals surface area contributed by atoms with Crippen LogP contribution in [0.1, 0.15) is 23.7 Å². The zero-order valence-electron chi connectivity index (χ0n) is 9.26. The number of carboxylic acid groups (broad SMARTS) is 1. The predicted molar refractivity (Wildman–Crippen MR) is 60.8 cm³/mol. The lowest BCUT2D eigenvalue weighted by Gasteiger charge is -2.22. The zero-order valence-corrected chi connectivity index (χ0v) is 9.26. The van der Waals surface area contributed by atoms with E-state index in [0.29, 0.717) is 12.4 Å². The number of carbonyl (C=O) groups is 1. The predicted octanol–water partition coefficient (Wildman–Crippen LogP) is 0.989. The van der Waals surface area contributed by atoms with Crippen LogP contribution in [0.15, 0.2) is 18.3 Å². The molecule has 0 bridgehead atoms. The summed E-state index contributed by atoms with van der Waals surface area (Å²) in [6.07, 6.45) is 2.39. The van der Waals surface area contributed by atoms with Gasteiger partial charge in [0.25, 0.3) is 0 Å². The van der Waals surface area contributed by atoms with Crippen molar-refractivity contribution in [3.63, 3.8) is 0 Å². The highest BCUT2D eigenvalue weighted by molar-refractivity contribution is 5.88. The summed E-state index contributed by atoms with van der Waals surface area (Å²) in [6.45, 7) is 3.25. The van der Waals surface area contributed by atoms with Crippen molar-refractivity contribution in [1.29, 1.82) is 0 Å². The fourth-order valence-corrected chi connectivity index (χ4v) is 1.46. The molecule has 1 aromatic heterocycles. The van der Waals surface area contributed by atoms with Gasteiger partial charge >= 0.3 is 5.97 Å². The zero-order chi connectivity index (χ0) is 12.0. The standard InChI is InChI=1S/C11H16N2O3/c1-2-5-13(6-7-14)10-8-9(11(15)16)3-4-12-10/h3-4,8,14H,2,5-7H2,1H3,(H,15,16). The van der Waals surface area contributed by atoms with E-state index in [1.807, 2.05) is 11.8 Å². The molecule has 0 fully saturated rings. The Morgan fingerprint density at radius 1 is 1.50 bits per heavy atom. The third kappa shape index (κ3) is 3.20. The van der Waals surface area contributed by atoms with Crippen molar-refractivity contribution < 1.29 is 15.0 Å². The Bertz CT molecular complexity index is 349. The first kappa shape index (κ1) is 12.4. The average molecular weight is 224 g/mol. The normalized spacial score (nSPS) is 10.1. The Morgan fingerprint density at radius 3 is 2.81 bits per heavy atom. The number of nitrogens with zero attached hydrogens (tertiary/aromatic N) is 2. The Balaban J connectivity index is 2.90. The Morgan fingerprint density at radius 2 is 2.25 bits per heavy atom. The fraction of sp³-hybridized carbons (Fsp3) is 0.455. The maximum absolute atomic E-state index is 10.8. The van der Waals surface area contributed by atoms with Crippen LogP contribution in [0.3, 0.4) is 0 Å². The molecule has 0 aliphatic carbocycles. The first-order valence-corrected chi connectivity index (χ1v) is 5.24. The van der Waals surface area contributed by atoms with Crippen molar-refractivity contribution in [2.75, 3.05) is 24.6 Å². The van der Waals surface area contributed by atoms with E-state index < -0.39 is 5.97 Å². The monoisotopic (exact) mass is 224 g/mol. The van der Waals surface area contributed by atoms with Gasteiger partial charge in [0, 0.05) is 19.3 Å². The maximum Gasteiger partial charge on any atom is 0.335 e. The largest absolute Gasteiger partial charge is 0.478 e. The van der Waals surface area contributed by atoms with Crippen LogP contribution in [0.25, 0.3) is 0 Å². The molecule has 88 valence electrons. The number of pyridine rings is 1. The minimum Gasteiger partial charge on any atom is -0.478 e. The second-order valence-corrected chi connectivity index (χ2v) is 3.42. The Labute approximate surface area is 94.4 Å². The number of aliphatic hydroxyl groups excluding tert-OH is 1. The van der Waals surface area contributed by atoms with Crippen molar-refractivity contribution in [2.45, 2.75) is 13.3 Å². The summed E-state index contributed by atoms with van der Waals surface area (Å²) in [6, 6.07) is 2.97. The molecule has 1 heterocycles. The van der Waals surface area contributed by atoms with Crippen molar-refractivity contribution in [3.8, 4) is 0 Å². The van der Waals surface area contributed by atoms with E-state index in [-0.39, 0.29) is 12.2 Å². The van der Waals surface area contributed by atoms with Crippen LogP contribution >= 0.6 is 0 Å². The van der Waals surface area contributed by atoms with Gasteiger partial charge in [-0.3, -0.25) is 0 Å². The summed E-state index contributed by atoms with van der Waals surface area (Å²) in [5.74, 6) is -0.375. The van der Waals surface area contributed by atoms with Gasteiger partial charge in [-0.2, -0.15) is 0 Å². The topological polar surface area (TPSA) is 73.7 Å². The molecular formula is C11H16N2O3. The van der Waals surface area contributed by atoms with E-state index in [9.17, 15) is 4.79 Å². The number of rotatable bonds is 6. The van der Waals surface area contributed by atoms with Gasteiger partial charge in [0.15, 0.2) is 0 Å². The van der Waals surface area contributed by atoms with Gasteiger partial charge in [-0.1, -0.05) is 6.92 Å². The van der Waals surface area contributed by atoms with Crippen molar-refractivity contribution in [1.82, 2.24) is 4.98 Å². The minimum absolute atomic E-state index is 0.0268. The molecule has 16 heavy (non-hydrogen) atoms. The molecule has 5 heteroatoms. The summed E-state index contributed by atoms with van der Waals surface area (Å²) in [7, 11) is 0. The van der Waals surface area contributed by atoms with Crippen LogP contribution in [-0.4, -0.2) is 40.9 Å². The van der Waals surface area contributed by atoms with Gasteiger partial charge in [0.05, 0.1) is 12.2 Å². The smallest absolute Gasteiger partial charge is 0.335 e. The number of hydrogen-bond acceptors (Lipinski definition) is 4. The van der Waals surface area contributed by atoms with E-state index in [0.717, 1.165) is 13.0 Å². The van der Waals surface area contributed by atoms with Gasteiger partial charge < -0.3 is 15.1 Å². The molecule has 1 rings (SSSR count). The number of anilines is 1. The molecule has 5 nitrogen and oxygen atoms in total. The van der Waals surface area contributed by atoms with Gasteiger partial charge in [-0.15, -0.1) is 0 Å². The molecule has 0 saturated carbocycles. The summed E-state index contributed by atoms with van der Waals surface area (Å²) >= 11 is 0. The Kier molecular flexibility index (Phi) is 4.72. The summed E-state index contributed by atoms with van der Waals surface area (Å²) in [4.78, 5) is 16.8. The maximum atomic E-state index is 10.8. The van der Waals surface area contributed by atoms with E-state index >= 15 is 0 Å². The van der Waals surface area contributed by atoms with Crippen LogP contribution in [0.5, 0.6) is 0 Å². The van der Waals surface area contributed by atoms with Gasteiger partial charge in [-0.25, -0.2) is 9.78 Å². The molecule has 0 spiro atoms. The SMILES string of the molecule is CCCN(CCO)c1cc(C(=O)O)ccn1. The molecule has 0 amide bonds. The first-order valence-electron chi connectivity index (χ1n) is 5.24. The van der Waals surface area contributed by atoms with E-state index in [1.54, 1.807) is 0 Å². The molecule has 0 aliphatic rings. The fourth-order valence-electron chi connectivity index (χ4n) is 1.46. The highest BCUT2D eigenvalue weighted by Gasteiger charge is 2.09. The lowest BCUT2D eigenvalue weighted by Crippen LogP contribution is -2.28. The molecular weight excluding hydrogens is 208 g/mol. The van der Waals surface area contributed by atoms with Crippen LogP contribution in [-0.2, 0) is 0 Å². The average Bonchev–Trinajstić information content (AvgIpc) is 2.29. The number of hydrogen-bond donors (Lipinski definition) is 2. The molecule has 0 aromatic carbocycles. The lowest BCUT2D eigenvalue weighted by molar-refractivity contribution is 0.0697. The highest BCUT2D eigenvalue weighted by Crippen LogP contribution is 2.12. The second-order valence-electron chi connectivity index (χ2n) is 3.42.